The Morgan fingerprint density at radius 3 is 2.50 bits per heavy atom. The van der Waals surface area contributed by atoms with E-state index in [1.54, 1.807) is 12.1 Å². The van der Waals surface area contributed by atoms with Crippen LogP contribution < -0.4 is 4.74 Å². The van der Waals surface area contributed by atoms with Gasteiger partial charge in [0.2, 0.25) is 0 Å². The van der Waals surface area contributed by atoms with Crippen LogP contribution in [0.25, 0.3) is 0 Å². The van der Waals surface area contributed by atoms with E-state index >= 15 is 0 Å². The van der Waals surface area contributed by atoms with Gasteiger partial charge in [-0.3, -0.25) is 0 Å². The number of ether oxygens (including phenoxy) is 1. The van der Waals surface area contributed by atoms with Crippen LogP contribution in [0.5, 0.6) is 5.75 Å². The molecule has 0 aromatic heterocycles. The molecule has 1 aromatic rings. The van der Waals surface area contributed by atoms with Gasteiger partial charge in [-0.2, -0.15) is 10.5 Å². The molecule has 0 aliphatic carbocycles. The van der Waals surface area contributed by atoms with E-state index in [2.05, 4.69) is 6.07 Å². The van der Waals surface area contributed by atoms with Crippen molar-refractivity contribution in [2.24, 2.45) is 5.92 Å². The summed E-state index contributed by atoms with van der Waals surface area (Å²) >= 11 is 0. The van der Waals surface area contributed by atoms with Gasteiger partial charge in [-0.15, -0.1) is 0 Å². The molecule has 1 radical (unpaired) electrons. The van der Waals surface area contributed by atoms with Crippen molar-refractivity contribution < 1.29 is 4.74 Å². The van der Waals surface area contributed by atoms with Crippen LogP contribution in [0, 0.1) is 34.6 Å². The fourth-order valence-electron chi connectivity index (χ4n) is 1.27. The van der Waals surface area contributed by atoms with Crippen LogP contribution in [-0.2, 0) is 0 Å². The highest BCUT2D eigenvalue weighted by Crippen LogP contribution is 2.10. The Balaban J connectivity index is 2.10. The SMILES string of the molecule is N#CC(C#N)CCCCOc1cc[c]cc1. The lowest BCUT2D eigenvalue weighted by Gasteiger charge is -2.05. The van der Waals surface area contributed by atoms with Crippen LogP contribution in [0.3, 0.4) is 0 Å². The predicted octanol–water partition coefficient (Wildman–Crippen LogP) is 2.70. The zero-order valence-corrected chi connectivity index (χ0v) is 9.02. The monoisotopic (exact) mass is 213 g/mol. The topological polar surface area (TPSA) is 56.8 Å². The van der Waals surface area contributed by atoms with E-state index in [0.29, 0.717) is 13.0 Å². The van der Waals surface area contributed by atoms with E-state index < -0.39 is 5.92 Å². The molecule has 16 heavy (non-hydrogen) atoms. The molecule has 0 amide bonds. The molecule has 3 heteroatoms. The maximum atomic E-state index is 8.55. The first kappa shape index (κ1) is 12.1. The summed E-state index contributed by atoms with van der Waals surface area (Å²) in [6, 6.07) is 14.1. The summed E-state index contributed by atoms with van der Waals surface area (Å²) < 4.78 is 5.47. The van der Waals surface area contributed by atoms with Gasteiger partial charge >= 0.3 is 0 Å². The van der Waals surface area contributed by atoms with E-state index in [-0.39, 0.29) is 0 Å². The fourth-order valence-corrected chi connectivity index (χ4v) is 1.27. The Morgan fingerprint density at radius 2 is 1.88 bits per heavy atom. The van der Waals surface area contributed by atoms with Crippen molar-refractivity contribution >= 4 is 0 Å². The van der Waals surface area contributed by atoms with Crippen molar-refractivity contribution in [3.05, 3.63) is 30.3 Å². The number of nitriles is 2. The lowest BCUT2D eigenvalue weighted by atomic mass is 10.1. The van der Waals surface area contributed by atoms with Crippen molar-refractivity contribution in [1.29, 1.82) is 10.5 Å². The number of hydrogen-bond acceptors (Lipinski definition) is 3. The first-order valence-corrected chi connectivity index (χ1v) is 5.25. The summed E-state index contributed by atoms with van der Waals surface area (Å²) in [6.45, 7) is 0.619. The van der Waals surface area contributed by atoms with Gasteiger partial charge in [0, 0.05) is 0 Å². The zero-order chi connectivity index (χ0) is 11.6. The molecular formula is C13H13N2O. The Hall–Kier alpha value is -2.00. The molecule has 3 nitrogen and oxygen atoms in total. The number of benzene rings is 1. The lowest BCUT2D eigenvalue weighted by molar-refractivity contribution is 0.304. The van der Waals surface area contributed by atoms with Crippen molar-refractivity contribution in [2.45, 2.75) is 19.3 Å². The lowest BCUT2D eigenvalue weighted by Crippen LogP contribution is -1.99. The van der Waals surface area contributed by atoms with Crippen molar-refractivity contribution in [2.75, 3.05) is 6.61 Å². The van der Waals surface area contributed by atoms with E-state index in [0.717, 1.165) is 18.6 Å². The summed E-state index contributed by atoms with van der Waals surface area (Å²) in [4.78, 5) is 0. The highest BCUT2D eigenvalue weighted by molar-refractivity contribution is 5.20. The minimum absolute atomic E-state index is 0.480. The van der Waals surface area contributed by atoms with Gasteiger partial charge in [0.15, 0.2) is 0 Å². The van der Waals surface area contributed by atoms with Gasteiger partial charge in [0.05, 0.1) is 18.7 Å². The molecular weight excluding hydrogens is 200 g/mol. The summed E-state index contributed by atoms with van der Waals surface area (Å²) in [5.74, 6) is 0.349. The summed E-state index contributed by atoms with van der Waals surface area (Å²) in [5.41, 5.74) is 0. The minimum atomic E-state index is -0.480. The smallest absolute Gasteiger partial charge is 0.133 e. The average molecular weight is 213 g/mol. The molecule has 0 N–H and O–H groups in total. The Labute approximate surface area is 95.9 Å². The highest BCUT2D eigenvalue weighted by atomic mass is 16.5. The van der Waals surface area contributed by atoms with Crippen molar-refractivity contribution in [3.63, 3.8) is 0 Å². The zero-order valence-electron chi connectivity index (χ0n) is 9.02. The van der Waals surface area contributed by atoms with Crippen molar-refractivity contribution in [1.82, 2.24) is 0 Å². The molecule has 0 saturated carbocycles. The van der Waals surface area contributed by atoms with Gasteiger partial charge in [-0.05, 0) is 37.5 Å². The van der Waals surface area contributed by atoms with E-state index in [4.69, 9.17) is 15.3 Å². The second-order valence-corrected chi connectivity index (χ2v) is 3.39. The second-order valence-electron chi connectivity index (χ2n) is 3.39. The van der Waals surface area contributed by atoms with Crippen LogP contribution in [0.4, 0.5) is 0 Å². The summed E-state index contributed by atoms with van der Waals surface area (Å²) in [5, 5.41) is 17.1. The first-order chi connectivity index (χ1) is 7.86. The first-order valence-electron chi connectivity index (χ1n) is 5.25. The molecule has 1 aromatic carbocycles. The normalized spacial score (nSPS) is 9.44. The highest BCUT2D eigenvalue weighted by Gasteiger charge is 2.03. The minimum Gasteiger partial charge on any atom is -0.494 e. The predicted molar refractivity (Wildman–Crippen MR) is 59.3 cm³/mol. The standard InChI is InChI=1S/C13H13N2O/c14-10-12(11-15)6-4-5-9-16-13-7-2-1-3-8-13/h2-3,7-8,12H,4-6,9H2. The van der Waals surface area contributed by atoms with Crippen LogP contribution in [0.2, 0.25) is 0 Å². The second kappa shape index (κ2) is 7.31. The van der Waals surface area contributed by atoms with Crippen LogP contribution >= 0.6 is 0 Å². The molecule has 0 fully saturated rings. The van der Waals surface area contributed by atoms with E-state index in [9.17, 15) is 0 Å². The molecule has 0 saturated heterocycles. The maximum absolute atomic E-state index is 8.55. The Bertz CT molecular complexity index is 361. The molecule has 0 heterocycles. The fraction of sp³-hybridized carbons (Fsp3) is 0.385. The molecule has 81 valence electrons. The number of rotatable bonds is 6. The van der Waals surface area contributed by atoms with E-state index in [1.165, 1.54) is 0 Å². The molecule has 0 spiro atoms. The molecule has 0 aliphatic heterocycles. The summed E-state index contributed by atoms with van der Waals surface area (Å²) in [7, 11) is 0. The Kier molecular flexibility index (Phi) is 5.52. The van der Waals surface area contributed by atoms with Gasteiger partial charge in [0.25, 0.3) is 0 Å². The third kappa shape index (κ3) is 4.48. The van der Waals surface area contributed by atoms with Crippen molar-refractivity contribution in [3.8, 4) is 17.9 Å². The quantitative estimate of drug-likeness (QED) is 0.682. The van der Waals surface area contributed by atoms with Crippen LogP contribution in [0.1, 0.15) is 19.3 Å². The van der Waals surface area contributed by atoms with Gasteiger partial charge in [-0.1, -0.05) is 12.1 Å². The van der Waals surface area contributed by atoms with Gasteiger partial charge in [0.1, 0.15) is 11.7 Å². The number of hydrogen-bond donors (Lipinski definition) is 0. The number of unbranched alkanes of at least 4 members (excludes halogenated alkanes) is 1. The molecule has 0 unspecified atom stereocenters. The van der Waals surface area contributed by atoms with Crippen LogP contribution in [-0.4, -0.2) is 6.61 Å². The van der Waals surface area contributed by atoms with Crippen LogP contribution in [0.15, 0.2) is 24.3 Å². The summed E-state index contributed by atoms with van der Waals surface area (Å²) in [6.07, 6.45) is 2.32. The maximum Gasteiger partial charge on any atom is 0.133 e. The third-order valence-corrected chi connectivity index (χ3v) is 2.16. The molecule has 0 atom stereocenters. The average Bonchev–Trinajstić information content (AvgIpc) is 2.35. The number of nitrogens with zero attached hydrogens (tertiary/aromatic N) is 2. The third-order valence-electron chi connectivity index (χ3n) is 2.16. The van der Waals surface area contributed by atoms with Gasteiger partial charge in [-0.25, -0.2) is 0 Å². The van der Waals surface area contributed by atoms with E-state index in [1.807, 2.05) is 24.3 Å². The largest absolute Gasteiger partial charge is 0.494 e. The molecule has 1 rings (SSSR count). The molecule has 0 bridgehead atoms. The Morgan fingerprint density at radius 1 is 1.19 bits per heavy atom. The van der Waals surface area contributed by atoms with Gasteiger partial charge < -0.3 is 4.74 Å². The molecule has 0 aliphatic rings.